The highest BCUT2D eigenvalue weighted by molar-refractivity contribution is 4.84. The Kier molecular flexibility index (Phi) is 7.82. The third kappa shape index (κ3) is 4.84. The van der Waals surface area contributed by atoms with Crippen molar-refractivity contribution in [2.45, 2.75) is 45.7 Å². The van der Waals surface area contributed by atoms with Crippen LogP contribution in [0.25, 0.3) is 0 Å². The minimum Gasteiger partial charge on any atom is -0.380 e. The molecule has 0 saturated carbocycles. The van der Waals surface area contributed by atoms with Gasteiger partial charge in [-0.25, -0.2) is 0 Å². The van der Waals surface area contributed by atoms with Gasteiger partial charge in [-0.2, -0.15) is 0 Å². The average molecular weight is 257 g/mol. The van der Waals surface area contributed by atoms with Gasteiger partial charge in [0.15, 0.2) is 0 Å². The average Bonchev–Trinajstić information content (AvgIpc) is 2.40. The molecule has 1 rings (SSSR count). The highest BCUT2D eigenvalue weighted by atomic mass is 16.5. The molecule has 1 saturated heterocycles. The molecule has 0 aromatic carbocycles. The number of hydrogen-bond donors (Lipinski definition) is 1. The van der Waals surface area contributed by atoms with Gasteiger partial charge < -0.3 is 15.4 Å². The van der Waals surface area contributed by atoms with E-state index in [0.717, 1.165) is 45.8 Å². The summed E-state index contributed by atoms with van der Waals surface area (Å²) < 4.78 is 5.57. The minimum atomic E-state index is 0.284. The smallest absolute Gasteiger partial charge is 0.0636 e. The van der Waals surface area contributed by atoms with E-state index < -0.39 is 0 Å². The Labute approximate surface area is 112 Å². The van der Waals surface area contributed by atoms with Crippen molar-refractivity contribution in [1.82, 2.24) is 9.80 Å². The fourth-order valence-electron chi connectivity index (χ4n) is 2.71. The van der Waals surface area contributed by atoms with Gasteiger partial charge in [0.1, 0.15) is 0 Å². The number of likely N-dealkylation sites (N-methyl/N-ethyl adjacent to an activating group) is 1. The van der Waals surface area contributed by atoms with E-state index in [4.69, 9.17) is 10.5 Å². The molecule has 1 aliphatic rings. The lowest BCUT2D eigenvalue weighted by Crippen LogP contribution is -2.53. The number of hydrogen-bond acceptors (Lipinski definition) is 4. The zero-order chi connectivity index (χ0) is 13.4. The zero-order valence-corrected chi connectivity index (χ0v) is 12.4. The van der Waals surface area contributed by atoms with E-state index in [1.165, 1.54) is 13.0 Å². The number of nitrogens with zero attached hydrogens (tertiary/aromatic N) is 2. The maximum Gasteiger partial charge on any atom is 0.0636 e. The van der Waals surface area contributed by atoms with Crippen LogP contribution < -0.4 is 5.73 Å². The van der Waals surface area contributed by atoms with Crippen molar-refractivity contribution in [2.75, 3.05) is 45.9 Å². The van der Waals surface area contributed by atoms with Crippen LogP contribution in [-0.2, 0) is 4.74 Å². The third-order valence-electron chi connectivity index (χ3n) is 4.07. The summed E-state index contributed by atoms with van der Waals surface area (Å²) in [5.74, 6) is 0. The van der Waals surface area contributed by atoms with Gasteiger partial charge in [0.25, 0.3) is 0 Å². The van der Waals surface area contributed by atoms with Crippen molar-refractivity contribution < 1.29 is 4.74 Å². The van der Waals surface area contributed by atoms with Gasteiger partial charge in [0.2, 0.25) is 0 Å². The van der Waals surface area contributed by atoms with Crippen molar-refractivity contribution in [3.63, 3.8) is 0 Å². The molecular formula is C14H31N3O. The van der Waals surface area contributed by atoms with Crippen LogP contribution >= 0.6 is 0 Å². The molecule has 0 spiro atoms. The number of rotatable bonds is 8. The SMILES string of the molecule is CCN(CC)CCCN(CC)C1COCCC1N. The van der Waals surface area contributed by atoms with E-state index in [1.807, 2.05) is 0 Å². The van der Waals surface area contributed by atoms with E-state index in [0.29, 0.717) is 6.04 Å². The summed E-state index contributed by atoms with van der Waals surface area (Å²) in [6.45, 7) is 14.0. The fourth-order valence-corrected chi connectivity index (χ4v) is 2.71. The first-order valence-corrected chi connectivity index (χ1v) is 7.52. The molecule has 108 valence electrons. The minimum absolute atomic E-state index is 0.284. The van der Waals surface area contributed by atoms with Crippen molar-refractivity contribution in [2.24, 2.45) is 5.73 Å². The molecule has 4 heteroatoms. The maximum atomic E-state index is 6.21. The summed E-state index contributed by atoms with van der Waals surface area (Å²) in [6.07, 6.45) is 2.22. The van der Waals surface area contributed by atoms with Gasteiger partial charge in [0, 0.05) is 18.7 Å². The topological polar surface area (TPSA) is 41.7 Å². The fraction of sp³-hybridized carbons (Fsp3) is 1.00. The standard InChI is InChI=1S/C14H31N3O/c1-4-16(5-2)9-7-10-17(6-3)14-12-18-11-8-13(14)15/h13-14H,4-12,15H2,1-3H3. The van der Waals surface area contributed by atoms with Crippen molar-refractivity contribution >= 4 is 0 Å². The van der Waals surface area contributed by atoms with Crippen LogP contribution in [0.2, 0.25) is 0 Å². The van der Waals surface area contributed by atoms with E-state index in [2.05, 4.69) is 30.6 Å². The summed E-state index contributed by atoms with van der Waals surface area (Å²) in [6, 6.07) is 0.701. The zero-order valence-electron chi connectivity index (χ0n) is 12.4. The lowest BCUT2D eigenvalue weighted by molar-refractivity contribution is 0.00648. The summed E-state index contributed by atoms with van der Waals surface area (Å²) in [4.78, 5) is 4.97. The van der Waals surface area contributed by atoms with Gasteiger partial charge in [-0.1, -0.05) is 20.8 Å². The molecule has 2 unspecified atom stereocenters. The van der Waals surface area contributed by atoms with E-state index in [1.54, 1.807) is 0 Å². The summed E-state index contributed by atoms with van der Waals surface area (Å²) in [7, 11) is 0. The Bertz CT molecular complexity index is 209. The monoisotopic (exact) mass is 257 g/mol. The lowest BCUT2D eigenvalue weighted by atomic mass is 10.0. The van der Waals surface area contributed by atoms with Crippen molar-refractivity contribution in [1.29, 1.82) is 0 Å². The second kappa shape index (κ2) is 8.86. The Morgan fingerprint density at radius 2 is 1.83 bits per heavy atom. The van der Waals surface area contributed by atoms with Gasteiger partial charge >= 0.3 is 0 Å². The van der Waals surface area contributed by atoms with Gasteiger partial charge in [-0.15, -0.1) is 0 Å². The third-order valence-corrected chi connectivity index (χ3v) is 4.07. The Morgan fingerprint density at radius 1 is 1.11 bits per heavy atom. The van der Waals surface area contributed by atoms with Gasteiger partial charge in [-0.3, -0.25) is 4.90 Å². The van der Waals surface area contributed by atoms with Gasteiger partial charge in [0.05, 0.1) is 6.61 Å². The molecule has 1 fully saturated rings. The van der Waals surface area contributed by atoms with Crippen LogP contribution in [0.3, 0.4) is 0 Å². The van der Waals surface area contributed by atoms with E-state index >= 15 is 0 Å². The molecule has 2 N–H and O–H groups in total. The van der Waals surface area contributed by atoms with E-state index in [9.17, 15) is 0 Å². The largest absolute Gasteiger partial charge is 0.380 e. The molecule has 4 nitrogen and oxygen atoms in total. The number of nitrogens with two attached hydrogens (primary N) is 1. The molecule has 0 amide bonds. The highest BCUT2D eigenvalue weighted by Crippen LogP contribution is 2.13. The van der Waals surface area contributed by atoms with Crippen molar-refractivity contribution in [3.05, 3.63) is 0 Å². The molecule has 18 heavy (non-hydrogen) atoms. The molecule has 2 atom stereocenters. The molecule has 0 aromatic rings. The van der Waals surface area contributed by atoms with Crippen LogP contribution in [-0.4, -0.2) is 67.8 Å². The van der Waals surface area contributed by atoms with Crippen LogP contribution in [0.4, 0.5) is 0 Å². The van der Waals surface area contributed by atoms with Crippen LogP contribution in [0.1, 0.15) is 33.6 Å². The first-order valence-electron chi connectivity index (χ1n) is 7.52. The molecule has 0 aliphatic carbocycles. The first kappa shape index (κ1) is 15.9. The number of ether oxygens (including phenoxy) is 1. The van der Waals surface area contributed by atoms with E-state index in [-0.39, 0.29) is 6.04 Å². The quantitative estimate of drug-likeness (QED) is 0.708. The molecule has 0 bridgehead atoms. The Morgan fingerprint density at radius 3 is 2.39 bits per heavy atom. The van der Waals surface area contributed by atoms with Crippen LogP contribution in [0, 0.1) is 0 Å². The summed E-state index contributed by atoms with van der Waals surface area (Å²) in [5, 5.41) is 0. The highest BCUT2D eigenvalue weighted by Gasteiger charge is 2.27. The predicted octanol–water partition coefficient (Wildman–Crippen LogP) is 1.16. The molecular weight excluding hydrogens is 226 g/mol. The molecule has 1 heterocycles. The Balaban J connectivity index is 2.32. The lowest BCUT2D eigenvalue weighted by Gasteiger charge is -2.37. The molecule has 1 aliphatic heterocycles. The van der Waals surface area contributed by atoms with Crippen molar-refractivity contribution in [3.8, 4) is 0 Å². The second-order valence-electron chi connectivity index (χ2n) is 5.10. The summed E-state index contributed by atoms with van der Waals surface area (Å²) >= 11 is 0. The maximum absolute atomic E-state index is 6.21. The first-order chi connectivity index (χ1) is 8.72. The Hall–Kier alpha value is -0.160. The normalized spacial score (nSPS) is 25.0. The second-order valence-corrected chi connectivity index (χ2v) is 5.10. The van der Waals surface area contributed by atoms with Crippen LogP contribution in [0.15, 0.2) is 0 Å². The van der Waals surface area contributed by atoms with Gasteiger partial charge in [-0.05, 0) is 45.6 Å². The predicted molar refractivity (Wildman–Crippen MR) is 76.9 cm³/mol. The molecule has 0 radical (unpaired) electrons. The summed E-state index contributed by atoms with van der Waals surface area (Å²) in [5.41, 5.74) is 6.21. The molecule has 0 aromatic heterocycles. The van der Waals surface area contributed by atoms with Crippen LogP contribution in [0.5, 0.6) is 0 Å².